The van der Waals surface area contributed by atoms with E-state index in [9.17, 15) is 4.79 Å². The van der Waals surface area contributed by atoms with Gasteiger partial charge in [-0.25, -0.2) is 0 Å². The van der Waals surface area contributed by atoms with E-state index in [0.29, 0.717) is 36.8 Å². The standard InChI is InChI=1S/C19H19ClN2O3/c20-17-7-1-2-8-18(17)21-19(23)9-10-22(13-15-5-3-11-24-15)14-16-6-4-12-25-16/h1-8,11-12H,9-10,13-14H2,(H,21,23). The largest absolute Gasteiger partial charge is 0.468 e. The third kappa shape index (κ3) is 5.24. The van der Waals surface area contributed by atoms with Crippen LogP contribution in [0.2, 0.25) is 5.02 Å². The summed E-state index contributed by atoms with van der Waals surface area (Å²) in [5.74, 6) is 1.60. The molecule has 0 saturated heterocycles. The zero-order chi connectivity index (χ0) is 17.5. The minimum Gasteiger partial charge on any atom is -0.468 e. The van der Waals surface area contributed by atoms with Gasteiger partial charge in [0, 0.05) is 13.0 Å². The average Bonchev–Trinajstić information content (AvgIpc) is 3.29. The molecular weight excluding hydrogens is 340 g/mol. The molecule has 0 radical (unpaired) electrons. The number of para-hydroxylation sites is 1. The third-order valence-corrected chi connectivity index (χ3v) is 4.05. The number of hydrogen-bond acceptors (Lipinski definition) is 4. The van der Waals surface area contributed by atoms with Gasteiger partial charge in [0.1, 0.15) is 11.5 Å². The Morgan fingerprint density at radius 3 is 2.16 bits per heavy atom. The lowest BCUT2D eigenvalue weighted by atomic mass is 10.2. The van der Waals surface area contributed by atoms with Crippen molar-refractivity contribution in [2.75, 3.05) is 11.9 Å². The van der Waals surface area contributed by atoms with Crippen LogP contribution in [-0.4, -0.2) is 17.4 Å². The first-order chi connectivity index (χ1) is 12.2. The predicted molar refractivity (Wildman–Crippen MR) is 96.2 cm³/mol. The van der Waals surface area contributed by atoms with Crippen molar-refractivity contribution in [2.45, 2.75) is 19.5 Å². The molecule has 0 saturated carbocycles. The summed E-state index contributed by atoms with van der Waals surface area (Å²) in [6, 6.07) is 14.7. The number of carbonyl (C=O) groups is 1. The molecule has 2 heterocycles. The van der Waals surface area contributed by atoms with E-state index in [4.69, 9.17) is 20.4 Å². The number of benzene rings is 1. The van der Waals surface area contributed by atoms with Crippen molar-refractivity contribution in [3.63, 3.8) is 0 Å². The second kappa shape index (κ2) is 8.55. The minimum atomic E-state index is -0.0861. The van der Waals surface area contributed by atoms with E-state index < -0.39 is 0 Å². The molecule has 130 valence electrons. The van der Waals surface area contributed by atoms with Gasteiger partial charge in [0.15, 0.2) is 0 Å². The Balaban J connectivity index is 1.57. The summed E-state index contributed by atoms with van der Waals surface area (Å²) in [6.45, 7) is 1.78. The van der Waals surface area contributed by atoms with Crippen molar-refractivity contribution < 1.29 is 13.6 Å². The number of furan rings is 2. The average molecular weight is 359 g/mol. The second-order valence-corrected chi connectivity index (χ2v) is 6.05. The molecule has 0 unspecified atom stereocenters. The van der Waals surface area contributed by atoms with E-state index in [0.717, 1.165) is 11.5 Å². The Morgan fingerprint density at radius 2 is 1.60 bits per heavy atom. The van der Waals surface area contributed by atoms with Crippen molar-refractivity contribution in [2.24, 2.45) is 0 Å². The number of amides is 1. The van der Waals surface area contributed by atoms with Crippen LogP contribution < -0.4 is 5.32 Å². The van der Waals surface area contributed by atoms with Crippen molar-refractivity contribution in [3.8, 4) is 0 Å². The van der Waals surface area contributed by atoms with Crippen LogP contribution in [0.5, 0.6) is 0 Å². The maximum absolute atomic E-state index is 12.2. The summed E-state index contributed by atoms with van der Waals surface area (Å²) >= 11 is 6.07. The quantitative estimate of drug-likeness (QED) is 0.641. The number of hydrogen-bond donors (Lipinski definition) is 1. The topological polar surface area (TPSA) is 58.6 Å². The number of nitrogens with one attached hydrogen (secondary N) is 1. The molecule has 0 aliphatic rings. The van der Waals surface area contributed by atoms with Gasteiger partial charge in [0.25, 0.3) is 0 Å². The SMILES string of the molecule is O=C(CCN(Cc1ccco1)Cc1ccco1)Nc1ccccc1Cl. The van der Waals surface area contributed by atoms with Crippen LogP contribution in [0.15, 0.2) is 69.9 Å². The van der Waals surface area contributed by atoms with Crippen LogP contribution in [0.25, 0.3) is 0 Å². The second-order valence-electron chi connectivity index (χ2n) is 5.65. The summed E-state index contributed by atoms with van der Waals surface area (Å²) < 4.78 is 10.8. The number of rotatable bonds is 8. The fraction of sp³-hybridized carbons (Fsp3) is 0.211. The molecule has 0 atom stereocenters. The van der Waals surface area contributed by atoms with Crippen LogP contribution in [0, 0.1) is 0 Å². The number of anilines is 1. The number of carbonyl (C=O) groups excluding carboxylic acids is 1. The molecule has 1 aromatic carbocycles. The number of halogens is 1. The Kier molecular flexibility index (Phi) is 5.93. The lowest BCUT2D eigenvalue weighted by Gasteiger charge is -2.20. The fourth-order valence-electron chi connectivity index (χ4n) is 2.49. The Morgan fingerprint density at radius 1 is 0.960 bits per heavy atom. The highest BCUT2D eigenvalue weighted by Gasteiger charge is 2.13. The third-order valence-electron chi connectivity index (χ3n) is 3.72. The van der Waals surface area contributed by atoms with Crippen LogP contribution >= 0.6 is 11.6 Å². The summed E-state index contributed by atoms with van der Waals surface area (Å²) in [6.07, 6.45) is 3.63. The first-order valence-electron chi connectivity index (χ1n) is 8.02. The summed E-state index contributed by atoms with van der Waals surface area (Å²) in [4.78, 5) is 14.3. The van der Waals surface area contributed by atoms with E-state index in [1.807, 2.05) is 36.4 Å². The van der Waals surface area contributed by atoms with E-state index in [1.165, 1.54) is 0 Å². The highest BCUT2D eigenvalue weighted by molar-refractivity contribution is 6.33. The Labute approximate surface area is 151 Å². The molecule has 6 heteroatoms. The van der Waals surface area contributed by atoms with Gasteiger partial charge in [-0.1, -0.05) is 23.7 Å². The lowest BCUT2D eigenvalue weighted by molar-refractivity contribution is -0.116. The van der Waals surface area contributed by atoms with Gasteiger partial charge in [0.2, 0.25) is 5.91 Å². The van der Waals surface area contributed by atoms with E-state index in [1.54, 1.807) is 24.7 Å². The highest BCUT2D eigenvalue weighted by Crippen LogP contribution is 2.20. The van der Waals surface area contributed by atoms with Gasteiger partial charge in [0.05, 0.1) is 36.3 Å². The van der Waals surface area contributed by atoms with Crippen molar-refractivity contribution in [1.82, 2.24) is 4.90 Å². The molecule has 1 amide bonds. The zero-order valence-electron chi connectivity index (χ0n) is 13.7. The molecule has 0 fully saturated rings. The molecule has 0 aliphatic heterocycles. The fourth-order valence-corrected chi connectivity index (χ4v) is 2.68. The molecule has 2 aromatic heterocycles. The maximum Gasteiger partial charge on any atom is 0.225 e. The van der Waals surface area contributed by atoms with E-state index in [2.05, 4.69) is 10.2 Å². The van der Waals surface area contributed by atoms with Gasteiger partial charge < -0.3 is 14.2 Å². The lowest BCUT2D eigenvalue weighted by Crippen LogP contribution is -2.27. The first-order valence-corrected chi connectivity index (χ1v) is 8.40. The van der Waals surface area contributed by atoms with E-state index >= 15 is 0 Å². The Bertz CT molecular complexity index is 749. The van der Waals surface area contributed by atoms with Gasteiger partial charge in [-0.05, 0) is 36.4 Å². The van der Waals surface area contributed by atoms with Crippen LogP contribution in [0.4, 0.5) is 5.69 Å². The van der Waals surface area contributed by atoms with Gasteiger partial charge in [-0.15, -0.1) is 0 Å². The Hall–Kier alpha value is -2.50. The van der Waals surface area contributed by atoms with Gasteiger partial charge in [-0.3, -0.25) is 9.69 Å². The highest BCUT2D eigenvalue weighted by atomic mass is 35.5. The van der Waals surface area contributed by atoms with Crippen molar-refractivity contribution >= 4 is 23.2 Å². The minimum absolute atomic E-state index is 0.0861. The van der Waals surface area contributed by atoms with Crippen molar-refractivity contribution in [3.05, 3.63) is 77.6 Å². The smallest absolute Gasteiger partial charge is 0.225 e. The summed E-state index contributed by atoms with van der Waals surface area (Å²) in [5.41, 5.74) is 0.623. The number of nitrogens with zero attached hydrogens (tertiary/aromatic N) is 1. The molecule has 0 aliphatic carbocycles. The zero-order valence-corrected chi connectivity index (χ0v) is 14.4. The molecule has 0 spiro atoms. The van der Waals surface area contributed by atoms with Crippen LogP contribution in [0.3, 0.4) is 0 Å². The summed E-state index contributed by atoms with van der Waals surface area (Å²) in [5, 5.41) is 3.37. The monoisotopic (exact) mass is 358 g/mol. The molecule has 1 N–H and O–H groups in total. The molecule has 3 aromatic rings. The molecule has 5 nitrogen and oxygen atoms in total. The normalized spacial score (nSPS) is 11.0. The molecule has 0 bridgehead atoms. The molecule has 25 heavy (non-hydrogen) atoms. The van der Waals surface area contributed by atoms with Crippen molar-refractivity contribution in [1.29, 1.82) is 0 Å². The molecular formula is C19H19ClN2O3. The van der Waals surface area contributed by atoms with Gasteiger partial charge >= 0.3 is 0 Å². The van der Waals surface area contributed by atoms with Crippen LogP contribution in [-0.2, 0) is 17.9 Å². The first kappa shape index (κ1) is 17.3. The van der Waals surface area contributed by atoms with E-state index in [-0.39, 0.29) is 5.91 Å². The summed E-state index contributed by atoms with van der Waals surface area (Å²) in [7, 11) is 0. The maximum atomic E-state index is 12.2. The molecule has 3 rings (SSSR count). The predicted octanol–water partition coefficient (Wildman–Crippen LogP) is 4.56. The van der Waals surface area contributed by atoms with Gasteiger partial charge in [-0.2, -0.15) is 0 Å². The van der Waals surface area contributed by atoms with Crippen LogP contribution in [0.1, 0.15) is 17.9 Å².